The Hall–Kier alpha value is -0.0400. The van der Waals surface area contributed by atoms with E-state index in [1.807, 2.05) is 6.92 Å². The first-order valence-electron chi connectivity index (χ1n) is 5.53. The topological polar surface area (TPSA) is 63.4 Å². The molecular formula is C11H15Cl3N2O2S. The molecule has 1 heterocycles. The molecule has 1 saturated heterocycles. The van der Waals surface area contributed by atoms with Crippen LogP contribution in [0.2, 0.25) is 10.0 Å². The average molecular weight is 346 g/mol. The maximum absolute atomic E-state index is 12.4. The van der Waals surface area contributed by atoms with Crippen molar-refractivity contribution in [2.45, 2.75) is 17.9 Å². The van der Waals surface area contributed by atoms with E-state index in [4.69, 9.17) is 28.9 Å². The normalized spacial score (nSPS) is 24.2. The summed E-state index contributed by atoms with van der Waals surface area (Å²) in [7, 11) is -3.53. The second kappa shape index (κ2) is 6.16. The smallest absolute Gasteiger partial charge is 0.243 e. The Morgan fingerprint density at radius 3 is 2.37 bits per heavy atom. The second-order valence-electron chi connectivity index (χ2n) is 4.54. The molecule has 0 aromatic heterocycles. The van der Waals surface area contributed by atoms with E-state index in [9.17, 15) is 8.42 Å². The van der Waals surface area contributed by atoms with Gasteiger partial charge in [-0.2, -0.15) is 4.31 Å². The van der Waals surface area contributed by atoms with Crippen molar-refractivity contribution in [3.8, 4) is 0 Å². The first-order chi connectivity index (χ1) is 8.32. The molecule has 0 radical (unpaired) electrons. The molecule has 2 rings (SSSR count). The Morgan fingerprint density at radius 1 is 1.26 bits per heavy atom. The standard InChI is InChI=1S/C11H14Cl2N2O2S.ClH/c1-7-5-15(6-11(7)14)18(16,17)8-2-3-9(12)10(13)4-8;/h2-4,7,11H,5-6,14H2,1H3;1H. The molecule has 2 unspecified atom stereocenters. The van der Waals surface area contributed by atoms with E-state index in [0.29, 0.717) is 18.1 Å². The van der Waals surface area contributed by atoms with Crippen molar-refractivity contribution in [3.63, 3.8) is 0 Å². The Morgan fingerprint density at radius 2 is 1.89 bits per heavy atom. The molecular weight excluding hydrogens is 331 g/mol. The zero-order valence-electron chi connectivity index (χ0n) is 10.2. The van der Waals surface area contributed by atoms with Gasteiger partial charge in [-0.3, -0.25) is 0 Å². The van der Waals surface area contributed by atoms with E-state index in [1.165, 1.54) is 22.5 Å². The average Bonchev–Trinajstić information content (AvgIpc) is 2.64. The summed E-state index contributed by atoms with van der Waals surface area (Å²) in [4.78, 5) is 0.151. The summed E-state index contributed by atoms with van der Waals surface area (Å²) < 4.78 is 26.1. The molecule has 2 atom stereocenters. The molecule has 2 N–H and O–H groups in total. The minimum absolute atomic E-state index is 0. The highest BCUT2D eigenvalue weighted by Crippen LogP contribution is 2.28. The molecule has 0 aliphatic carbocycles. The first kappa shape index (κ1) is 17.0. The lowest BCUT2D eigenvalue weighted by Crippen LogP contribution is -2.32. The Labute approximate surface area is 129 Å². The van der Waals surface area contributed by atoms with Gasteiger partial charge in [0.25, 0.3) is 0 Å². The fourth-order valence-electron chi connectivity index (χ4n) is 1.93. The summed E-state index contributed by atoms with van der Waals surface area (Å²) in [5.74, 6) is 0.155. The van der Waals surface area contributed by atoms with Crippen LogP contribution in [0.15, 0.2) is 23.1 Å². The van der Waals surface area contributed by atoms with Gasteiger partial charge in [0.15, 0.2) is 0 Å². The van der Waals surface area contributed by atoms with Gasteiger partial charge in [-0.15, -0.1) is 12.4 Å². The molecule has 8 heteroatoms. The molecule has 0 bridgehead atoms. The summed E-state index contributed by atoms with van der Waals surface area (Å²) in [5.41, 5.74) is 5.84. The fourth-order valence-corrected chi connectivity index (χ4v) is 3.90. The maximum Gasteiger partial charge on any atom is 0.243 e. The Balaban J connectivity index is 0.00000180. The van der Waals surface area contributed by atoms with Crippen LogP contribution >= 0.6 is 35.6 Å². The minimum Gasteiger partial charge on any atom is -0.326 e. The fraction of sp³-hybridized carbons (Fsp3) is 0.455. The second-order valence-corrected chi connectivity index (χ2v) is 7.29. The van der Waals surface area contributed by atoms with E-state index in [1.54, 1.807) is 0 Å². The van der Waals surface area contributed by atoms with Gasteiger partial charge in [0.2, 0.25) is 10.0 Å². The minimum atomic E-state index is -3.53. The number of halogens is 3. The molecule has 1 fully saturated rings. The van der Waals surface area contributed by atoms with Crippen LogP contribution in [0.1, 0.15) is 6.92 Å². The molecule has 19 heavy (non-hydrogen) atoms. The lowest BCUT2D eigenvalue weighted by Gasteiger charge is -2.16. The maximum atomic E-state index is 12.4. The number of sulfonamides is 1. The van der Waals surface area contributed by atoms with Gasteiger partial charge in [-0.25, -0.2) is 8.42 Å². The number of nitrogens with zero attached hydrogens (tertiary/aromatic N) is 1. The highest BCUT2D eigenvalue weighted by Gasteiger charge is 2.35. The lowest BCUT2D eigenvalue weighted by molar-refractivity contribution is 0.464. The van der Waals surface area contributed by atoms with Crippen LogP contribution < -0.4 is 5.73 Å². The quantitative estimate of drug-likeness (QED) is 0.895. The third kappa shape index (κ3) is 3.35. The van der Waals surface area contributed by atoms with Crippen molar-refractivity contribution in [3.05, 3.63) is 28.2 Å². The van der Waals surface area contributed by atoms with Crippen LogP contribution in [0.3, 0.4) is 0 Å². The predicted molar refractivity (Wildman–Crippen MR) is 79.6 cm³/mol. The third-order valence-electron chi connectivity index (χ3n) is 3.17. The van der Waals surface area contributed by atoms with Gasteiger partial charge in [0, 0.05) is 19.1 Å². The highest BCUT2D eigenvalue weighted by molar-refractivity contribution is 7.89. The van der Waals surface area contributed by atoms with Crippen LogP contribution in [0.5, 0.6) is 0 Å². The molecule has 0 saturated carbocycles. The van der Waals surface area contributed by atoms with Crippen molar-refractivity contribution in [1.29, 1.82) is 0 Å². The van der Waals surface area contributed by atoms with Crippen LogP contribution in [0, 0.1) is 5.92 Å². The Bertz CT molecular complexity index is 555. The monoisotopic (exact) mass is 344 g/mol. The van der Waals surface area contributed by atoms with E-state index >= 15 is 0 Å². The summed E-state index contributed by atoms with van der Waals surface area (Å²) >= 11 is 11.6. The van der Waals surface area contributed by atoms with E-state index in [2.05, 4.69) is 0 Å². The van der Waals surface area contributed by atoms with Gasteiger partial charge < -0.3 is 5.73 Å². The van der Waals surface area contributed by atoms with Crippen LogP contribution in [0.4, 0.5) is 0 Å². The van der Waals surface area contributed by atoms with E-state index in [0.717, 1.165) is 0 Å². The SMILES string of the molecule is CC1CN(S(=O)(=O)c2ccc(Cl)c(Cl)c2)CC1N.Cl. The van der Waals surface area contributed by atoms with Crippen molar-refractivity contribution in [1.82, 2.24) is 4.31 Å². The number of hydrogen-bond donors (Lipinski definition) is 1. The van der Waals surface area contributed by atoms with Crippen molar-refractivity contribution in [2.75, 3.05) is 13.1 Å². The largest absolute Gasteiger partial charge is 0.326 e. The molecule has 0 spiro atoms. The van der Waals surface area contributed by atoms with Gasteiger partial charge >= 0.3 is 0 Å². The van der Waals surface area contributed by atoms with Crippen LogP contribution in [0.25, 0.3) is 0 Å². The number of hydrogen-bond acceptors (Lipinski definition) is 3. The van der Waals surface area contributed by atoms with Gasteiger partial charge in [0.1, 0.15) is 0 Å². The number of nitrogens with two attached hydrogens (primary N) is 1. The molecule has 108 valence electrons. The van der Waals surface area contributed by atoms with Crippen LogP contribution in [-0.4, -0.2) is 31.9 Å². The van der Waals surface area contributed by atoms with E-state index in [-0.39, 0.29) is 34.3 Å². The summed E-state index contributed by atoms with van der Waals surface area (Å²) in [6.45, 7) is 2.71. The summed E-state index contributed by atoms with van der Waals surface area (Å²) in [5, 5.41) is 0.566. The van der Waals surface area contributed by atoms with Gasteiger partial charge in [0.05, 0.1) is 14.9 Å². The number of rotatable bonds is 2. The lowest BCUT2D eigenvalue weighted by atomic mass is 10.1. The zero-order valence-corrected chi connectivity index (χ0v) is 13.4. The molecule has 4 nitrogen and oxygen atoms in total. The highest BCUT2D eigenvalue weighted by atomic mass is 35.5. The number of benzene rings is 1. The molecule has 1 aromatic carbocycles. The molecule has 1 aliphatic heterocycles. The summed E-state index contributed by atoms with van der Waals surface area (Å²) in [6.07, 6.45) is 0. The molecule has 1 aromatic rings. The Kier molecular flexibility index (Phi) is 5.52. The van der Waals surface area contributed by atoms with Crippen molar-refractivity contribution < 1.29 is 8.42 Å². The summed E-state index contributed by atoms with van der Waals surface area (Å²) in [6, 6.07) is 4.18. The third-order valence-corrected chi connectivity index (χ3v) is 5.73. The van der Waals surface area contributed by atoms with Gasteiger partial charge in [-0.05, 0) is 24.1 Å². The van der Waals surface area contributed by atoms with E-state index < -0.39 is 10.0 Å². The first-order valence-corrected chi connectivity index (χ1v) is 7.72. The zero-order chi connectivity index (χ0) is 13.5. The van der Waals surface area contributed by atoms with Crippen molar-refractivity contribution >= 4 is 45.6 Å². The molecule has 1 aliphatic rings. The van der Waals surface area contributed by atoms with Crippen LogP contribution in [-0.2, 0) is 10.0 Å². The molecule has 0 amide bonds. The van der Waals surface area contributed by atoms with Gasteiger partial charge in [-0.1, -0.05) is 30.1 Å². The predicted octanol–water partition coefficient (Wildman–Crippen LogP) is 2.38. The van der Waals surface area contributed by atoms with Crippen molar-refractivity contribution in [2.24, 2.45) is 11.7 Å².